The molecule has 2 heterocycles. The number of ketones is 1. The van der Waals surface area contributed by atoms with Gasteiger partial charge in [-0.1, -0.05) is 18.2 Å². The summed E-state index contributed by atoms with van der Waals surface area (Å²) in [5, 5.41) is 3.22. The Bertz CT molecular complexity index is 584. The maximum absolute atomic E-state index is 12.3. The molecule has 1 fully saturated rings. The minimum Gasteiger partial charge on any atom is -0.379 e. The van der Waals surface area contributed by atoms with Crippen LogP contribution in [0.4, 0.5) is 0 Å². The molecule has 1 saturated heterocycles. The highest BCUT2D eigenvalue weighted by Crippen LogP contribution is 2.28. The minimum atomic E-state index is -0.775. The van der Waals surface area contributed by atoms with Gasteiger partial charge >= 0.3 is 0 Å². The van der Waals surface area contributed by atoms with Crippen LogP contribution in [-0.4, -0.2) is 24.5 Å². The molecule has 4 heteroatoms. The average Bonchev–Trinajstić information content (AvgIpc) is 2.98. The number of thiophene rings is 1. The third-order valence-electron chi connectivity index (χ3n) is 3.52. The van der Waals surface area contributed by atoms with Gasteiger partial charge in [-0.2, -0.15) is 0 Å². The summed E-state index contributed by atoms with van der Waals surface area (Å²) < 4.78 is 6.46. The van der Waals surface area contributed by atoms with Gasteiger partial charge in [0.2, 0.25) is 0 Å². The van der Waals surface area contributed by atoms with Crippen LogP contribution in [0.3, 0.4) is 0 Å². The second-order valence-corrected chi connectivity index (χ2v) is 5.73. The quantitative estimate of drug-likeness (QED) is 0.921. The van der Waals surface area contributed by atoms with E-state index in [1.807, 2.05) is 12.1 Å². The molecule has 2 N–H and O–H groups in total. The van der Waals surface area contributed by atoms with E-state index < -0.39 is 5.54 Å². The fourth-order valence-corrected chi connectivity index (χ4v) is 3.28. The summed E-state index contributed by atoms with van der Waals surface area (Å²) in [6.45, 7) is 0.945. The molecule has 1 aliphatic rings. The minimum absolute atomic E-state index is 0.0866. The van der Waals surface area contributed by atoms with E-state index in [-0.39, 0.29) is 5.78 Å². The molecule has 0 radical (unpaired) electrons. The Morgan fingerprint density at radius 2 is 2.28 bits per heavy atom. The van der Waals surface area contributed by atoms with Gasteiger partial charge in [-0.15, -0.1) is 11.3 Å². The van der Waals surface area contributed by atoms with Gasteiger partial charge in [0.15, 0.2) is 5.78 Å². The molecule has 3 rings (SSSR count). The van der Waals surface area contributed by atoms with Crippen molar-refractivity contribution in [2.24, 2.45) is 5.73 Å². The van der Waals surface area contributed by atoms with E-state index >= 15 is 0 Å². The van der Waals surface area contributed by atoms with Crippen molar-refractivity contribution in [2.45, 2.75) is 18.4 Å². The SMILES string of the molecule is NC1(C(=O)Cc2csc3ccccc23)CCOC1. The van der Waals surface area contributed by atoms with Crippen molar-refractivity contribution in [3.05, 3.63) is 35.2 Å². The summed E-state index contributed by atoms with van der Waals surface area (Å²) in [5.74, 6) is 0.0866. The Morgan fingerprint density at radius 1 is 1.44 bits per heavy atom. The van der Waals surface area contributed by atoms with Crippen LogP contribution >= 0.6 is 11.3 Å². The molecule has 1 aromatic heterocycles. The smallest absolute Gasteiger partial charge is 0.159 e. The molecule has 18 heavy (non-hydrogen) atoms. The van der Waals surface area contributed by atoms with Gasteiger partial charge in [-0.3, -0.25) is 4.79 Å². The van der Waals surface area contributed by atoms with Crippen LogP contribution in [0.5, 0.6) is 0 Å². The van der Waals surface area contributed by atoms with Crippen molar-refractivity contribution in [1.29, 1.82) is 0 Å². The third-order valence-corrected chi connectivity index (χ3v) is 4.53. The zero-order chi connectivity index (χ0) is 12.6. The van der Waals surface area contributed by atoms with Crippen LogP contribution in [0.2, 0.25) is 0 Å². The Balaban J connectivity index is 1.86. The number of ether oxygens (including phenoxy) is 1. The van der Waals surface area contributed by atoms with Crippen molar-refractivity contribution in [1.82, 2.24) is 0 Å². The molecule has 0 spiro atoms. The van der Waals surface area contributed by atoms with Crippen molar-refractivity contribution in [2.75, 3.05) is 13.2 Å². The Kier molecular flexibility index (Phi) is 2.93. The highest BCUT2D eigenvalue weighted by molar-refractivity contribution is 7.17. The van der Waals surface area contributed by atoms with E-state index in [1.54, 1.807) is 11.3 Å². The van der Waals surface area contributed by atoms with Crippen molar-refractivity contribution in [3.8, 4) is 0 Å². The maximum Gasteiger partial charge on any atom is 0.159 e. The lowest BCUT2D eigenvalue weighted by Gasteiger charge is -2.19. The van der Waals surface area contributed by atoms with E-state index in [0.717, 1.165) is 5.56 Å². The molecule has 1 atom stereocenters. The van der Waals surface area contributed by atoms with Gasteiger partial charge in [0.05, 0.1) is 6.61 Å². The summed E-state index contributed by atoms with van der Waals surface area (Å²) in [7, 11) is 0. The molecule has 0 amide bonds. The lowest BCUT2D eigenvalue weighted by Crippen LogP contribution is -2.49. The fraction of sp³-hybridized carbons (Fsp3) is 0.357. The van der Waals surface area contributed by atoms with E-state index in [1.165, 1.54) is 10.1 Å². The van der Waals surface area contributed by atoms with Gasteiger partial charge in [0.25, 0.3) is 0 Å². The number of carbonyl (C=O) groups is 1. The number of hydrogen-bond acceptors (Lipinski definition) is 4. The fourth-order valence-electron chi connectivity index (χ4n) is 2.32. The monoisotopic (exact) mass is 261 g/mol. The molecule has 1 unspecified atom stereocenters. The number of rotatable bonds is 3. The van der Waals surface area contributed by atoms with Gasteiger partial charge in [-0.05, 0) is 28.8 Å². The first-order chi connectivity index (χ1) is 8.69. The normalized spacial score (nSPS) is 23.6. The molecule has 0 aliphatic carbocycles. The zero-order valence-corrected chi connectivity index (χ0v) is 10.8. The summed E-state index contributed by atoms with van der Waals surface area (Å²) in [6.07, 6.45) is 1.04. The summed E-state index contributed by atoms with van der Waals surface area (Å²) in [6, 6.07) is 8.15. The van der Waals surface area contributed by atoms with E-state index in [0.29, 0.717) is 26.1 Å². The molecule has 2 aromatic rings. The van der Waals surface area contributed by atoms with Crippen LogP contribution in [0, 0.1) is 0 Å². The second kappa shape index (κ2) is 4.46. The summed E-state index contributed by atoms with van der Waals surface area (Å²) in [5.41, 5.74) is 6.40. The molecule has 3 nitrogen and oxygen atoms in total. The molecule has 94 valence electrons. The lowest BCUT2D eigenvalue weighted by atomic mass is 9.90. The lowest BCUT2D eigenvalue weighted by molar-refractivity contribution is -0.123. The van der Waals surface area contributed by atoms with Gasteiger partial charge in [0, 0.05) is 17.7 Å². The first-order valence-corrected chi connectivity index (χ1v) is 6.92. The Morgan fingerprint density at radius 3 is 3.06 bits per heavy atom. The molecule has 0 saturated carbocycles. The summed E-state index contributed by atoms with van der Waals surface area (Å²) in [4.78, 5) is 12.3. The van der Waals surface area contributed by atoms with Crippen molar-refractivity contribution < 1.29 is 9.53 Å². The molecule has 0 bridgehead atoms. The highest BCUT2D eigenvalue weighted by Gasteiger charge is 2.37. The van der Waals surface area contributed by atoms with Crippen LogP contribution in [0.1, 0.15) is 12.0 Å². The van der Waals surface area contributed by atoms with E-state index in [4.69, 9.17) is 10.5 Å². The predicted molar refractivity (Wildman–Crippen MR) is 72.9 cm³/mol. The number of benzene rings is 1. The average molecular weight is 261 g/mol. The molecule has 1 aliphatic heterocycles. The second-order valence-electron chi connectivity index (χ2n) is 4.82. The Labute approximate surface area is 110 Å². The first kappa shape index (κ1) is 11.8. The van der Waals surface area contributed by atoms with E-state index in [2.05, 4.69) is 17.5 Å². The van der Waals surface area contributed by atoms with Gasteiger partial charge in [-0.25, -0.2) is 0 Å². The van der Waals surface area contributed by atoms with Crippen LogP contribution in [0.25, 0.3) is 10.1 Å². The van der Waals surface area contributed by atoms with Crippen LogP contribution in [-0.2, 0) is 16.0 Å². The number of Topliss-reactive ketones (excluding diaryl/α,β-unsaturated/α-hetero) is 1. The molecular weight excluding hydrogens is 246 g/mol. The zero-order valence-electron chi connectivity index (χ0n) is 10.0. The van der Waals surface area contributed by atoms with Crippen molar-refractivity contribution >= 4 is 27.2 Å². The number of carbonyl (C=O) groups excluding carboxylic acids is 1. The number of nitrogens with two attached hydrogens (primary N) is 1. The third kappa shape index (κ3) is 1.96. The van der Waals surface area contributed by atoms with Crippen LogP contribution in [0.15, 0.2) is 29.6 Å². The summed E-state index contributed by atoms with van der Waals surface area (Å²) >= 11 is 1.67. The Hall–Kier alpha value is -1.23. The van der Waals surface area contributed by atoms with Crippen LogP contribution < -0.4 is 5.73 Å². The predicted octanol–water partition coefficient (Wildman–Crippen LogP) is 2.13. The molecular formula is C14H15NO2S. The van der Waals surface area contributed by atoms with Gasteiger partial charge < -0.3 is 10.5 Å². The maximum atomic E-state index is 12.3. The van der Waals surface area contributed by atoms with E-state index in [9.17, 15) is 4.79 Å². The van der Waals surface area contributed by atoms with Gasteiger partial charge in [0.1, 0.15) is 5.54 Å². The standard InChI is InChI=1S/C14H15NO2S/c15-14(5-6-17-9-14)13(16)7-10-8-18-12-4-2-1-3-11(10)12/h1-4,8H,5-7,9,15H2. The number of fused-ring (bicyclic) bond motifs is 1. The largest absolute Gasteiger partial charge is 0.379 e. The first-order valence-electron chi connectivity index (χ1n) is 6.04. The molecule has 1 aromatic carbocycles. The topological polar surface area (TPSA) is 52.3 Å². The van der Waals surface area contributed by atoms with Crippen molar-refractivity contribution in [3.63, 3.8) is 0 Å². The highest BCUT2D eigenvalue weighted by atomic mass is 32.1. The number of hydrogen-bond donors (Lipinski definition) is 1.